The Morgan fingerprint density at radius 2 is 1.93 bits per heavy atom. The summed E-state index contributed by atoms with van der Waals surface area (Å²) in [5.74, 6) is 1.78. The lowest BCUT2D eigenvalue weighted by molar-refractivity contribution is -0.137. The third kappa shape index (κ3) is 7.74. The lowest BCUT2D eigenvalue weighted by atomic mass is 9.85. The molecule has 1 fully saturated rings. The molecule has 40 heavy (non-hydrogen) atoms. The zero-order chi connectivity index (χ0) is 28.5. The van der Waals surface area contributed by atoms with Crippen molar-refractivity contribution < 1.29 is 28.2 Å². The number of ether oxygens (including phenoxy) is 3. The Morgan fingerprint density at radius 3 is 2.67 bits per heavy atom. The molecule has 212 valence electrons. The highest BCUT2D eigenvalue weighted by atomic mass is 16.6. The molecule has 0 saturated carbocycles. The van der Waals surface area contributed by atoms with E-state index in [0.29, 0.717) is 57.4 Å². The number of piperidine rings is 1. The van der Waals surface area contributed by atoms with Crippen LogP contribution < -0.4 is 4.74 Å². The molecule has 0 N–H and O–H groups in total. The number of oxazole rings is 1. The Hall–Kier alpha value is -4.07. The van der Waals surface area contributed by atoms with Crippen LogP contribution >= 0.6 is 0 Å². The van der Waals surface area contributed by atoms with E-state index in [1.165, 1.54) is 0 Å². The lowest BCUT2D eigenvalue weighted by Gasteiger charge is -2.34. The molecule has 1 amide bonds. The van der Waals surface area contributed by atoms with Crippen molar-refractivity contribution in [3.63, 3.8) is 0 Å². The van der Waals surface area contributed by atoms with E-state index >= 15 is 0 Å². The Morgan fingerprint density at radius 1 is 1.12 bits per heavy atom. The first-order valence-electron chi connectivity index (χ1n) is 13.9. The van der Waals surface area contributed by atoms with Gasteiger partial charge in [-0.3, -0.25) is 0 Å². The maximum Gasteiger partial charge on any atom is 0.409 e. The zero-order valence-electron chi connectivity index (χ0n) is 23.7. The van der Waals surface area contributed by atoms with Gasteiger partial charge in [0.2, 0.25) is 5.89 Å². The number of esters is 1. The first-order valence-corrected chi connectivity index (χ1v) is 13.9. The summed E-state index contributed by atoms with van der Waals surface area (Å²) in [7, 11) is 0. The topological polar surface area (TPSA) is 91.1 Å². The summed E-state index contributed by atoms with van der Waals surface area (Å²) in [6.07, 6.45) is 2.38. The van der Waals surface area contributed by atoms with Crippen LogP contribution in [0.25, 0.3) is 11.5 Å². The van der Waals surface area contributed by atoms with Gasteiger partial charge in [-0.2, -0.15) is 0 Å². The summed E-state index contributed by atoms with van der Waals surface area (Å²) in [5.41, 5.74) is 3.68. The van der Waals surface area contributed by atoms with Crippen LogP contribution in [0.15, 0.2) is 70.7 Å². The fourth-order valence-corrected chi connectivity index (χ4v) is 4.64. The van der Waals surface area contributed by atoms with Crippen molar-refractivity contribution in [3.05, 3.63) is 83.3 Å². The van der Waals surface area contributed by atoms with E-state index in [0.717, 1.165) is 28.2 Å². The first kappa shape index (κ1) is 28.9. The van der Waals surface area contributed by atoms with Crippen LogP contribution in [0.1, 0.15) is 50.1 Å². The Labute approximate surface area is 235 Å². The molecule has 4 rings (SSSR count). The van der Waals surface area contributed by atoms with Crippen molar-refractivity contribution in [1.29, 1.82) is 0 Å². The van der Waals surface area contributed by atoms with E-state index in [9.17, 15) is 9.59 Å². The Balaban J connectivity index is 1.45. The Bertz CT molecular complexity index is 1310. The molecule has 1 aliphatic heterocycles. The summed E-state index contributed by atoms with van der Waals surface area (Å²) in [6.45, 7) is 9.69. The summed E-state index contributed by atoms with van der Waals surface area (Å²) in [5, 5.41) is 0. The molecule has 8 heteroatoms. The predicted octanol–water partition coefficient (Wildman–Crippen LogP) is 6.34. The minimum Gasteiger partial charge on any atom is -0.493 e. The smallest absolute Gasteiger partial charge is 0.409 e. The number of aryl methyl sites for hydroxylation is 1. The SMILES string of the molecule is CCOC(=O)/C=C1\CCN(C(=O)OCC(C)C)CC1c1cccc(OCCc2nc(-c3ccccc3)oc2C)c1. The molecule has 1 aliphatic rings. The number of likely N-dealkylation sites (tertiary alicyclic amines) is 1. The van der Waals surface area contributed by atoms with Gasteiger partial charge in [-0.15, -0.1) is 0 Å². The molecule has 0 bridgehead atoms. The molecule has 2 aromatic carbocycles. The van der Waals surface area contributed by atoms with Crippen LogP contribution in [-0.4, -0.2) is 54.9 Å². The standard InChI is InChI=1S/C32H38N2O6/c1-5-37-30(35)19-26-14-16-34(32(36)39-21-22(2)3)20-28(26)25-12-9-13-27(18-25)38-17-15-29-23(4)40-31(33-29)24-10-7-6-8-11-24/h6-13,18-19,22,28H,5,14-17,20-21H2,1-4H3/b26-19+. The predicted molar refractivity (Wildman–Crippen MR) is 152 cm³/mol. The van der Waals surface area contributed by atoms with Crippen molar-refractivity contribution in [1.82, 2.24) is 9.88 Å². The van der Waals surface area contributed by atoms with Gasteiger partial charge in [0.05, 0.1) is 25.5 Å². The van der Waals surface area contributed by atoms with Crippen molar-refractivity contribution in [2.45, 2.75) is 46.5 Å². The van der Waals surface area contributed by atoms with E-state index in [4.69, 9.17) is 18.6 Å². The number of hydrogen-bond donors (Lipinski definition) is 0. The van der Waals surface area contributed by atoms with Gasteiger partial charge in [0.15, 0.2) is 0 Å². The van der Waals surface area contributed by atoms with E-state index in [2.05, 4.69) is 4.98 Å². The maximum atomic E-state index is 12.7. The van der Waals surface area contributed by atoms with Crippen molar-refractivity contribution >= 4 is 12.1 Å². The van der Waals surface area contributed by atoms with E-state index in [-0.39, 0.29) is 23.9 Å². The number of carbonyl (C=O) groups excluding carboxylic acids is 2. The summed E-state index contributed by atoms with van der Waals surface area (Å²) < 4.78 is 22.6. The van der Waals surface area contributed by atoms with Crippen LogP contribution in [0.2, 0.25) is 0 Å². The molecule has 8 nitrogen and oxygen atoms in total. The average Bonchev–Trinajstić information content (AvgIpc) is 3.33. The molecular weight excluding hydrogens is 508 g/mol. The summed E-state index contributed by atoms with van der Waals surface area (Å²) in [6, 6.07) is 17.6. The first-order chi connectivity index (χ1) is 19.3. The van der Waals surface area contributed by atoms with Crippen LogP contribution in [0.3, 0.4) is 0 Å². The highest BCUT2D eigenvalue weighted by Crippen LogP contribution is 2.34. The maximum absolute atomic E-state index is 12.7. The van der Waals surface area contributed by atoms with Crippen LogP contribution in [0, 0.1) is 12.8 Å². The average molecular weight is 547 g/mol. The summed E-state index contributed by atoms with van der Waals surface area (Å²) >= 11 is 0. The molecule has 1 aromatic heterocycles. The zero-order valence-corrected chi connectivity index (χ0v) is 23.7. The molecule has 0 radical (unpaired) electrons. The molecule has 2 heterocycles. The van der Waals surface area contributed by atoms with Gasteiger partial charge in [-0.25, -0.2) is 14.6 Å². The monoisotopic (exact) mass is 546 g/mol. The number of aromatic nitrogens is 1. The van der Waals surface area contributed by atoms with E-state index in [1.807, 2.05) is 75.4 Å². The number of amides is 1. The van der Waals surface area contributed by atoms with Gasteiger partial charge in [0, 0.05) is 37.1 Å². The fraction of sp³-hybridized carbons (Fsp3) is 0.406. The van der Waals surface area contributed by atoms with Gasteiger partial charge in [-0.1, -0.05) is 49.8 Å². The third-order valence-corrected chi connectivity index (χ3v) is 6.69. The normalized spacial score (nSPS) is 16.3. The molecule has 1 atom stereocenters. The number of rotatable bonds is 10. The van der Waals surface area contributed by atoms with E-state index in [1.54, 1.807) is 17.9 Å². The number of benzene rings is 2. The second-order valence-electron chi connectivity index (χ2n) is 10.2. The van der Waals surface area contributed by atoms with Gasteiger partial charge in [0.25, 0.3) is 0 Å². The quantitative estimate of drug-likeness (QED) is 0.216. The third-order valence-electron chi connectivity index (χ3n) is 6.69. The number of hydrogen-bond acceptors (Lipinski definition) is 7. The van der Waals surface area contributed by atoms with E-state index < -0.39 is 0 Å². The van der Waals surface area contributed by atoms with Crippen molar-refractivity contribution in [2.75, 3.05) is 32.9 Å². The van der Waals surface area contributed by atoms with Gasteiger partial charge in [-0.05, 0) is 56.0 Å². The van der Waals surface area contributed by atoms with Crippen molar-refractivity contribution in [3.8, 4) is 17.2 Å². The number of nitrogens with zero attached hydrogens (tertiary/aromatic N) is 2. The van der Waals surface area contributed by atoms with Gasteiger partial charge < -0.3 is 23.5 Å². The van der Waals surface area contributed by atoms with Crippen molar-refractivity contribution in [2.24, 2.45) is 5.92 Å². The van der Waals surface area contributed by atoms with Gasteiger partial charge >= 0.3 is 12.1 Å². The highest BCUT2D eigenvalue weighted by Gasteiger charge is 2.30. The largest absolute Gasteiger partial charge is 0.493 e. The molecule has 0 aliphatic carbocycles. The molecule has 3 aromatic rings. The highest BCUT2D eigenvalue weighted by molar-refractivity contribution is 5.83. The van der Waals surface area contributed by atoms with Crippen LogP contribution in [0.5, 0.6) is 5.75 Å². The fourth-order valence-electron chi connectivity index (χ4n) is 4.64. The molecule has 1 unspecified atom stereocenters. The summed E-state index contributed by atoms with van der Waals surface area (Å²) in [4.78, 5) is 31.4. The minimum absolute atomic E-state index is 0.181. The second-order valence-corrected chi connectivity index (χ2v) is 10.2. The minimum atomic E-state index is -0.372. The van der Waals surface area contributed by atoms with Gasteiger partial charge in [0.1, 0.15) is 11.5 Å². The Kier molecular flexibility index (Phi) is 10.00. The molecular formula is C32H38N2O6. The second kappa shape index (κ2) is 13.8. The molecule has 1 saturated heterocycles. The number of carbonyl (C=O) groups is 2. The molecule has 0 spiro atoms. The van der Waals surface area contributed by atoms with Crippen LogP contribution in [-0.2, 0) is 20.7 Å². The lowest BCUT2D eigenvalue weighted by Crippen LogP contribution is -2.41. The van der Waals surface area contributed by atoms with Crippen LogP contribution in [0.4, 0.5) is 4.79 Å².